The molecule has 1 aromatic rings. The lowest BCUT2D eigenvalue weighted by molar-refractivity contribution is -0.814. The lowest BCUT2D eigenvalue weighted by Gasteiger charge is -2.48. The highest BCUT2D eigenvalue weighted by atomic mass is 15.3. The number of likely N-dealkylation sites (N-methyl/N-ethyl adjacent to an activating group) is 1. The van der Waals surface area contributed by atoms with Crippen molar-refractivity contribution in [1.82, 2.24) is 4.57 Å². The summed E-state index contributed by atoms with van der Waals surface area (Å²) in [5.41, 5.74) is 1.35. The molecule has 2 nitrogen and oxygen atoms in total. The molecule has 0 saturated heterocycles. The Labute approximate surface area is 68.4 Å². The van der Waals surface area contributed by atoms with Crippen LogP contribution in [0.3, 0.4) is 0 Å². The summed E-state index contributed by atoms with van der Waals surface area (Å²) in [5, 5.41) is 0. The third kappa shape index (κ3) is 1.20. The second kappa shape index (κ2) is 2.14. The SMILES string of the molecule is [B-][N+]1(C)CCn2cccc2C1. The number of nitrogens with zero attached hydrogens (tertiary/aromatic N) is 2. The Bertz CT molecular complexity index is 265. The molecule has 2 rings (SSSR count). The van der Waals surface area contributed by atoms with Crippen molar-refractivity contribution < 1.29 is 4.39 Å². The number of hydrogen-bond acceptors (Lipinski definition) is 0. The average molecular weight is 147 g/mol. The lowest BCUT2D eigenvalue weighted by Crippen LogP contribution is -2.46. The van der Waals surface area contributed by atoms with Crippen LogP contribution in [0.5, 0.6) is 0 Å². The number of rotatable bonds is 0. The van der Waals surface area contributed by atoms with Gasteiger partial charge < -0.3 is 8.96 Å². The van der Waals surface area contributed by atoms with Gasteiger partial charge >= 0.3 is 0 Å². The highest BCUT2D eigenvalue weighted by Crippen LogP contribution is 2.15. The van der Waals surface area contributed by atoms with E-state index in [1.807, 2.05) is 0 Å². The Kier molecular flexibility index (Phi) is 1.36. The fourth-order valence-electron chi connectivity index (χ4n) is 1.60. The molecular weight excluding hydrogens is 135 g/mol. The molecule has 0 aliphatic carbocycles. The standard InChI is InChI=1S/C8H12BN2/c1-11(9)6-5-10-4-2-3-8(10)7-11/h2-4H,5-7H2,1H3. The second-order valence-electron chi connectivity index (χ2n) is 3.55. The molecule has 1 aliphatic heterocycles. The van der Waals surface area contributed by atoms with Crippen LogP contribution in [0.1, 0.15) is 5.69 Å². The maximum atomic E-state index is 5.98. The summed E-state index contributed by atoms with van der Waals surface area (Å²) < 4.78 is 2.90. The van der Waals surface area contributed by atoms with Crippen LogP contribution in [-0.4, -0.2) is 30.5 Å². The molecule has 0 bridgehead atoms. The van der Waals surface area contributed by atoms with E-state index in [4.69, 9.17) is 7.98 Å². The highest BCUT2D eigenvalue weighted by molar-refractivity contribution is 5.97. The first-order valence-electron chi connectivity index (χ1n) is 3.94. The van der Waals surface area contributed by atoms with Crippen molar-refractivity contribution in [3.05, 3.63) is 24.0 Å². The van der Waals surface area contributed by atoms with E-state index < -0.39 is 0 Å². The van der Waals surface area contributed by atoms with Crippen molar-refractivity contribution in [3.8, 4) is 0 Å². The molecule has 0 fully saturated rings. The van der Waals surface area contributed by atoms with E-state index in [9.17, 15) is 0 Å². The van der Waals surface area contributed by atoms with Gasteiger partial charge in [-0.05, 0) is 12.1 Å². The van der Waals surface area contributed by atoms with Gasteiger partial charge in [0.25, 0.3) is 0 Å². The van der Waals surface area contributed by atoms with Gasteiger partial charge in [-0.15, -0.1) is 0 Å². The molecule has 0 amide bonds. The zero-order valence-electron chi connectivity index (χ0n) is 6.83. The largest absolute Gasteiger partial charge is 0.584 e. The molecule has 0 saturated carbocycles. The van der Waals surface area contributed by atoms with Crippen LogP contribution in [0.4, 0.5) is 0 Å². The predicted octanol–water partition coefficient (Wildman–Crippen LogP) is 0.532. The highest BCUT2D eigenvalue weighted by Gasteiger charge is 2.14. The molecule has 0 aromatic carbocycles. The monoisotopic (exact) mass is 147 g/mol. The second-order valence-corrected chi connectivity index (χ2v) is 3.55. The third-order valence-corrected chi connectivity index (χ3v) is 2.30. The van der Waals surface area contributed by atoms with Gasteiger partial charge in [-0.25, -0.2) is 7.98 Å². The zero-order valence-corrected chi connectivity index (χ0v) is 6.83. The fourth-order valence-corrected chi connectivity index (χ4v) is 1.60. The van der Waals surface area contributed by atoms with Gasteiger partial charge in [0.05, 0.1) is 25.3 Å². The normalized spacial score (nSPS) is 30.0. The Morgan fingerprint density at radius 1 is 1.64 bits per heavy atom. The van der Waals surface area contributed by atoms with E-state index in [1.54, 1.807) is 0 Å². The Morgan fingerprint density at radius 2 is 2.45 bits per heavy atom. The molecule has 3 radical (unpaired) electrons. The maximum Gasteiger partial charge on any atom is 0.0731 e. The molecule has 1 aromatic heterocycles. The fraction of sp³-hybridized carbons (Fsp3) is 0.500. The maximum absolute atomic E-state index is 5.98. The number of fused-ring (bicyclic) bond motifs is 1. The van der Waals surface area contributed by atoms with Gasteiger partial charge in [0.2, 0.25) is 0 Å². The average Bonchev–Trinajstić information content (AvgIpc) is 2.31. The molecule has 1 aliphatic rings. The minimum absolute atomic E-state index is 0.629. The van der Waals surface area contributed by atoms with Crippen molar-refractivity contribution >= 4 is 7.98 Å². The van der Waals surface area contributed by atoms with Crippen molar-refractivity contribution in [2.24, 2.45) is 0 Å². The Balaban J connectivity index is 2.32. The first-order chi connectivity index (χ1) is 5.17. The smallest absolute Gasteiger partial charge is 0.0731 e. The van der Waals surface area contributed by atoms with Crippen LogP contribution in [0.15, 0.2) is 18.3 Å². The summed E-state index contributed by atoms with van der Waals surface area (Å²) in [5.74, 6) is 0. The van der Waals surface area contributed by atoms with Crippen LogP contribution in [-0.2, 0) is 13.1 Å². The summed E-state index contributed by atoms with van der Waals surface area (Å²) in [4.78, 5) is 0. The van der Waals surface area contributed by atoms with Crippen LogP contribution < -0.4 is 0 Å². The summed E-state index contributed by atoms with van der Waals surface area (Å²) in [6.45, 7) is 3.03. The van der Waals surface area contributed by atoms with Gasteiger partial charge in [0.1, 0.15) is 0 Å². The Morgan fingerprint density at radius 3 is 3.27 bits per heavy atom. The van der Waals surface area contributed by atoms with E-state index in [0.29, 0.717) is 4.39 Å². The van der Waals surface area contributed by atoms with E-state index in [2.05, 4.69) is 29.9 Å². The first kappa shape index (κ1) is 6.98. The minimum Gasteiger partial charge on any atom is -0.584 e. The summed E-state index contributed by atoms with van der Waals surface area (Å²) >= 11 is 0. The summed E-state index contributed by atoms with van der Waals surface area (Å²) in [6.07, 6.45) is 2.12. The lowest BCUT2D eigenvalue weighted by atomic mass is 10.1. The predicted molar refractivity (Wildman–Crippen MR) is 44.9 cm³/mol. The molecular formula is C8H12BN2. The number of aromatic nitrogens is 1. The molecule has 2 heterocycles. The topological polar surface area (TPSA) is 4.93 Å². The van der Waals surface area contributed by atoms with Crippen LogP contribution in [0.25, 0.3) is 0 Å². The quantitative estimate of drug-likeness (QED) is 0.472. The van der Waals surface area contributed by atoms with Crippen molar-refractivity contribution in [3.63, 3.8) is 0 Å². The molecule has 1 atom stereocenters. The molecule has 11 heavy (non-hydrogen) atoms. The number of hydrogen-bond donors (Lipinski definition) is 0. The van der Waals surface area contributed by atoms with Gasteiger partial charge in [0, 0.05) is 13.2 Å². The molecule has 1 unspecified atom stereocenters. The van der Waals surface area contributed by atoms with Crippen molar-refractivity contribution in [2.75, 3.05) is 13.6 Å². The van der Waals surface area contributed by atoms with E-state index in [0.717, 1.165) is 19.6 Å². The minimum atomic E-state index is 0.629. The summed E-state index contributed by atoms with van der Waals surface area (Å²) in [7, 11) is 8.04. The summed E-state index contributed by atoms with van der Waals surface area (Å²) in [6, 6.07) is 4.23. The molecule has 57 valence electrons. The first-order valence-corrected chi connectivity index (χ1v) is 3.94. The third-order valence-electron chi connectivity index (χ3n) is 2.30. The number of quaternary nitrogens is 1. The molecule has 3 heteroatoms. The zero-order chi connectivity index (χ0) is 7.90. The van der Waals surface area contributed by atoms with Gasteiger partial charge in [-0.1, -0.05) is 0 Å². The van der Waals surface area contributed by atoms with Gasteiger partial charge in [-0.2, -0.15) is 0 Å². The van der Waals surface area contributed by atoms with Crippen LogP contribution in [0.2, 0.25) is 0 Å². The molecule has 0 spiro atoms. The molecule has 0 N–H and O–H groups in total. The van der Waals surface area contributed by atoms with Gasteiger partial charge in [0.15, 0.2) is 0 Å². The van der Waals surface area contributed by atoms with Crippen LogP contribution >= 0.6 is 0 Å². The van der Waals surface area contributed by atoms with Crippen LogP contribution in [0, 0.1) is 0 Å². The van der Waals surface area contributed by atoms with Crippen molar-refractivity contribution in [2.45, 2.75) is 13.1 Å². The van der Waals surface area contributed by atoms with E-state index in [1.165, 1.54) is 5.69 Å². The van der Waals surface area contributed by atoms with E-state index >= 15 is 0 Å². The van der Waals surface area contributed by atoms with Gasteiger partial charge in [-0.3, -0.25) is 0 Å². The van der Waals surface area contributed by atoms with E-state index in [-0.39, 0.29) is 0 Å². The van der Waals surface area contributed by atoms with Crippen molar-refractivity contribution in [1.29, 1.82) is 0 Å². The Hall–Kier alpha value is -0.695.